The largest absolute Gasteiger partial charge is 0.507 e. The number of carbonyl (C=O) groups is 1. The zero-order chi connectivity index (χ0) is 25.7. The maximum absolute atomic E-state index is 13.5. The van der Waals surface area contributed by atoms with Gasteiger partial charge in [-0.15, -0.1) is 0 Å². The van der Waals surface area contributed by atoms with Crippen LogP contribution in [0.15, 0.2) is 94.9 Å². The number of nitrogens with zero attached hydrogens (tertiary/aromatic N) is 2. The van der Waals surface area contributed by atoms with Gasteiger partial charge in [-0.1, -0.05) is 83.9 Å². The molecule has 0 unspecified atom stereocenters. The number of hydrogen-bond acceptors (Lipinski definition) is 5. The third-order valence-electron chi connectivity index (χ3n) is 5.36. The molecule has 0 spiro atoms. The van der Waals surface area contributed by atoms with Crippen LogP contribution in [0.2, 0.25) is 10.0 Å². The van der Waals surface area contributed by atoms with Crippen molar-refractivity contribution in [3.63, 3.8) is 0 Å². The number of aromatic hydroxyl groups is 1. The predicted octanol–water partition coefficient (Wildman–Crippen LogP) is 5.19. The first-order chi connectivity index (χ1) is 17.3. The van der Waals surface area contributed by atoms with Gasteiger partial charge in [0.15, 0.2) is 0 Å². The first-order valence-corrected chi connectivity index (χ1v) is 13.0. The second-order valence-corrected chi connectivity index (χ2v) is 10.6. The Morgan fingerprint density at radius 2 is 1.69 bits per heavy atom. The van der Waals surface area contributed by atoms with E-state index in [9.17, 15) is 18.3 Å². The minimum absolute atomic E-state index is 0.00409. The topological polar surface area (TPSA) is 99.1 Å². The minimum atomic E-state index is -4.20. The summed E-state index contributed by atoms with van der Waals surface area (Å²) in [6.07, 6.45) is 1.32. The summed E-state index contributed by atoms with van der Waals surface area (Å²) < 4.78 is 27.9. The Morgan fingerprint density at radius 1 is 0.972 bits per heavy atom. The lowest BCUT2D eigenvalue weighted by Gasteiger charge is -2.22. The van der Waals surface area contributed by atoms with Crippen molar-refractivity contribution in [2.75, 3.05) is 6.54 Å². The number of rotatable bonds is 8. The summed E-state index contributed by atoms with van der Waals surface area (Å²) in [6.45, 7) is -0.605. The number of carbonyl (C=O) groups excluding carboxylic acids is 1. The van der Waals surface area contributed by atoms with E-state index < -0.39 is 22.5 Å². The third kappa shape index (κ3) is 5.85. The Hall–Kier alpha value is -3.43. The highest BCUT2D eigenvalue weighted by molar-refractivity contribution is 7.89. The van der Waals surface area contributed by atoms with Crippen molar-refractivity contribution in [2.24, 2.45) is 5.10 Å². The maximum Gasteiger partial charge on any atom is 0.255 e. The van der Waals surface area contributed by atoms with Gasteiger partial charge in [-0.2, -0.15) is 9.41 Å². The van der Waals surface area contributed by atoms with Crippen molar-refractivity contribution in [1.82, 2.24) is 9.73 Å². The van der Waals surface area contributed by atoms with Gasteiger partial charge in [0.05, 0.1) is 17.8 Å². The van der Waals surface area contributed by atoms with Gasteiger partial charge in [-0.25, -0.2) is 13.8 Å². The molecule has 0 saturated heterocycles. The lowest BCUT2D eigenvalue weighted by Crippen LogP contribution is -2.39. The van der Waals surface area contributed by atoms with E-state index in [2.05, 4.69) is 10.5 Å². The van der Waals surface area contributed by atoms with Crippen molar-refractivity contribution in [1.29, 1.82) is 0 Å². The maximum atomic E-state index is 13.5. The summed E-state index contributed by atoms with van der Waals surface area (Å²) in [7, 11) is -4.20. The number of phenols is 1. The Morgan fingerprint density at radius 3 is 2.47 bits per heavy atom. The van der Waals surface area contributed by atoms with Crippen LogP contribution in [0.3, 0.4) is 0 Å². The number of phenolic OH excluding ortho intramolecular Hbond substituents is 1. The summed E-state index contributed by atoms with van der Waals surface area (Å²) in [6, 6.07) is 23.7. The Balaban J connectivity index is 1.58. The molecule has 0 saturated carbocycles. The van der Waals surface area contributed by atoms with E-state index >= 15 is 0 Å². The number of fused-ring (bicyclic) bond motifs is 1. The summed E-state index contributed by atoms with van der Waals surface area (Å²) in [5.74, 6) is -0.681. The van der Waals surface area contributed by atoms with E-state index in [0.717, 1.165) is 15.1 Å². The number of sulfonamides is 1. The van der Waals surface area contributed by atoms with Crippen molar-refractivity contribution in [3.05, 3.63) is 106 Å². The molecular formula is C26H21Cl2N3O4S. The van der Waals surface area contributed by atoms with Crippen molar-refractivity contribution < 1.29 is 18.3 Å². The van der Waals surface area contributed by atoms with Crippen molar-refractivity contribution in [2.45, 2.75) is 11.4 Å². The smallest absolute Gasteiger partial charge is 0.255 e. The fourth-order valence-electron chi connectivity index (χ4n) is 3.61. The van der Waals surface area contributed by atoms with Crippen LogP contribution in [0, 0.1) is 0 Å². The Bertz CT molecular complexity index is 1540. The molecular weight excluding hydrogens is 521 g/mol. The summed E-state index contributed by atoms with van der Waals surface area (Å²) in [5, 5.41) is 16.0. The van der Waals surface area contributed by atoms with Crippen molar-refractivity contribution >= 4 is 56.1 Å². The van der Waals surface area contributed by atoms with Gasteiger partial charge in [-0.05, 0) is 40.6 Å². The Labute approximate surface area is 218 Å². The second-order valence-electron chi connectivity index (χ2n) is 7.85. The zero-order valence-corrected chi connectivity index (χ0v) is 21.1. The van der Waals surface area contributed by atoms with Gasteiger partial charge in [0.1, 0.15) is 10.6 Å². The monoisotopic (exact) mass is 541 g/mol. The highest BCUT2D eigenvalue weighted by atomic mass is 35.5. The molecule has 0 radical (unpaired) electrons. The fourth-order valence-corrected chi connectivity index (χ4v) is 5.73. The average molecular weight is 542 g/mol. The number of benzene rings is 4. The van der Waals surface area contributed by atoms with Crippen molar-refractivity contribution in [3.8, 4) is 5.75 Å². The normalized spacial score (nSPS) is 11.9. The van der Waals surface area contributed by atoms with Gasteiger partial charge < -0.3 is 5.11 Å². The molecule has 4 aromatic rings. The molecule has 0 atom stereocenters. The summed E-state index contributed by atoms with van der Waals surface area (Å²) in [4.78, 5) is 12.6. The number of hydrogen-bond donors (Lipinski definition) is 2. The average Bonchev–Trinajstić information content (AvgIpc) is 2.87. The van der Waals surface area contributed by atoms with E-state index in [-0.39, 0.29) is 27.2 Å². The molecule has 1 amide bonds. The summed E-state index contributed by atoms with van der Waals surface area (Å²) >= 11 is 12.2. The van der Waals surface area contributed by atoms with Crippen LogP contribution in [0.1, 0.15) is 11.1 Å². The fraction of sp³-hybridized carbons (Fsp3) is 0.0769. The molecule has 0 bridgehead atoms. The highest BCUT2D eigenvalue weighted by Gasteiger charge is 2.29. The van der Waals surface area contributed by atoms with Gasteiger partial charge in [0, 0.05) is 17.1 Å². The highest BCUT2D eigenvalue weighted by Crippen LogP contribution is 2.29. The van der Waals surface area contributed by atoms with E-state index in [1.54, 1.807) is 36.4 Å². The lowest BCUT2D eigenvalue weighted by molar-refractivity contribution is -0.121. The van der Waals surface area contributed by atoms with E-state index in [4.69, 9.17) is 23.2 Å². The zero-order valence-electron chi connectivity index (χ0n) is 18.8. The van der Waals surface area contributed by atoms with E-state index in [1.165, 1.54) is 30.5 Å². The Kier molecular flexibility index (Phi) is 7.91. The van der Waals surface area contributed by atoms with E-state index in [1.807, 2.05) is 24.3 Å². The second kappa shape index (κ2) is 11.1. The number of amides is 1. The molecule has 2 N–H and O–H groups in total. The molecule has 4 aromatic carbocycles. The van der Waals surface area contributed by atoms with Crippen LogP contribution >= 0.6 is 23.2 Å². The summed E-state index contributed by atoms with van der Waals surface area (Å²) in [5.41, 5.74) is 3.44. The van der Waals surface area contributed by atoms with Crippen LogP contribution in [0.5, 0.6) is 5.75 Å². The van der Waals surface area contributed by atoms with Gasteiger partial charge in [-0.3, -0.25) is 4.79 Å². The molecule has 36 heavy (non-hydrogen) atoms. The molecule has 0 aliphatic rings. The molecule has 0 heterocycles. The molecule has 0 aliphatic heterocycles. The quantitative estimate of drug-likeness (QED) is 0.236. The molecule has 184 valence electrons. The van der Waals surface area contributed by atoms with Crippen LogP contribution in [0.25, 0.3) is 10.8 Å². The standard InChI is InChI=1S/C26H21Cl2N3O4S/c27-20-11-12-23(28)25(14-20)36(34,35)31(16-18-6-2-1-3-7-18)17-26(33)30-29-15-22-21-9-5-4-8-19(21)10-13-24(22)32/h1-15,32H,16-17H2,(H,30,33)/b29-15+. The van der Waals surface area contributed by atoms with Gasteiger partial charge in [0.25, 0.3) is 5.91 Å². The van der Waals surface area contributed by atoms with Crippen LogP contribution < -0.4 is 5.43 Å². The van der Waals surface area contributed by atoms with Crippen LogP contribution in [0.4, 0.5) is 0 Å². The third-order valence-corrected chi connectivity index (χ3v) is 7.87. The molecule has 0 aliphatic carbocycles. The molecule has 4 rings (SSSR count). The SMILES string of the molecule is O=C(CN(Cc1ccccc1)S(=O)(=O)c1cc(Cl)ccc1Cl)N/N=C/c1c(O)ccc2ccccc12. The number of nitrogens with one attached hydrogen (secondary N) is 1. The van der Waals surface area contributed by atoms with Crippen LogP contribution in [-0.4, -0.2) is 36.5 Å². The number of halogens is 2. The molecule has 0 fully saturated rings. The first-order valence-electron chi connectivity index (χ1n) is 10.8. The van der Waals surface area contributed by atoms with Gasteiger partial charge >= 0.3 is 0 Å². The van der Waals surface area contributed by atoms with Crippen LogP contribution in [-0.2, 0) is 21.4 Å². The predicted molar refractivity (Wildman–Crippen MR) is 142 cm³/mol. The number of hydrazone groups is 1. The molecule has 10 heteroatoms. The minimum Gasteiger partial charge on any atom is -0.507 e. The molecule has 0 aromatic heterocycles. The van der Waals surface area contributed by atoms with E-state index in [0.29, 0.717) is 11.1 Å². The first kappa shape index (κ1) is 25.7. The lowest BCUT2D eigenvalue weighted by atomic mass is 10.0. The molecule has 7 nitrogen and oxygen atoms in total. The van der Waals surface area contributed by atoms with Gasteiger partial charge in [0.2, 0.25) is 10.0 Å².